The number of nitrogens with zero attached hydrogens (tertiary/aromatic N) is 4. The number of aryl methyl sites for hydroxylation is 1. The van der Waals surface area contributed by atoms with Gasteiger partial charge in [0.15, 0.2) is 0 Å². The SMILES string of the molecule is COc1ccc2c(OC3CC4C(=O)NC5(C=O)CC5/C=C/CCCCCN(Cc5ccc(OC(N)=O)cc5)C(=O)N4C3)cc(-c3nc(C(C)C)cs3)nc2c1C. The number of allylic oxidation sites excluding steroid dienone is 1. The summed E-state index contributed by atoms with van der Waals surface area (Å²) in [5.41, 5.74) is 8.19. The van der Waals surface area contributed by atoms with Crippen LogP contribution in [0.25, 0.3) is 21.6 Å². The molecule has 3 aliphatic rings. The van der Waals surface area contributed by atoms with Crippen LogP contribution in [-0.2, 0) is 16.1 Å². The first-order valence-corrected chi connectivity index (χ1v) is 20.0. The van der Waals surface area contributed by atoms with E-state index in [2.05, 4.69) is 25.2 Å². The van der Waals surface area contributed by atoms with Crippen molar-refractivity contribution in [2.24, 2.45) is 11.7 Å². The van der Waals surface area contributed by atoms with Gasteiger partial charge in [0.05, 0.1) is 24.9 Å². The van der Waals surface area contributed by atoms with Gasteiger partial charge in [-0.3, -0.25) is 4.79 Å². The number of hydrogen-bond acceptors (Lipinski definition) is 10. The molecule has 4 heterocycles. The molecule has 4 amide bonds. The number of nitrogens with one attached hydrogen (secondary N) is 1. The summed E-state index contributed by atoms with van der Waals surface area (Å²) in [6.07, 6.45) is 7.65. The Morgan fingerprint density at radius 3 is 2.62 bits per heavy atom. The zero-order valence-corrected chi connectivity index (χ0v) is 33.0. The van der Waals surface area contributed by atoms with E-state index in [-0.39, 0.29) is 43.3 Å². The third-order valence-corrected chi connectivity index (χ3v) is 11.8. The number of carbonyl (C=O) groups excluding carboxylic acids is 4. The molecule has 294 valence electrons. The summed E-state index contributed by atoms with van der Waals surface area (Å²) in [5.74, 6) is 1.32. The lowest BCUT2D eigenvalue weighted by atomic mass is 10.1. The first-order valence-electron chi connectivity index (χ1n) is 19.2. The summed E-state index contributed by atoms with van der Waals surface area (Å²) in [7, 11) is 1.62. The van der Waals surface area contributed by atoms with Crippen molar-refractivity contribution in [2.45, 2.75) is 89.4 Å². The fraction of sp³-hybridized carbons (Fsp3) is 0.429. The number of rotatable bonds is 9. The summed E-state index contributed by atoms with van der Waals surface area (Å²) in [6.45, 7) is 7.01. The summed E-state index contributed by atoms with van der Waals surface area (Å²) >= 11 is 1.52. The lowest BCUT2D eigenvalue weighted by Gasteiger charge is -2.32. The Kier molecular flexibility index (Phi) is 11.3. The van der Waals surface area contributed by atoms with Crippen molar-refractivity contribution in [3.8, 4) is 28.0 Å². The number of aldehydes is 1. The minimum absolute atomic E-state index is 0.0893. The molecule has 2 aromatic carbocycles. The van der Waals surface area contributed by atoms with Crippen LogP contribution in [0.3, 0.4) is 0 Å². The lowest BCUT2D eigenvalue weighted by molar-refractivity contribution is -0.128. The summed E-state index contributed by atoms with van der Waals surface area (Å²) < 4.78 is 17.5. The van der Waals surface area contributed by atoms with Crippen LogP contribution in [-0.4, -0.2) is 82.0 Å². The second kappa shape index (κ2) is 16.3. The fourth-order valence-electron chi connectivity index (χ4n) is 7.59. The van der Waals surface area contributed by atoms with Gasteiger partial charge in [-0.25, -0.2) is 19.6 Å². The number of urea groups is 1. The number of aromatic nitrogens is 2. The third kappa shape index (κ3) is 8.20. The zero-order chi connectivity index (χ0) is 39.6. The van der Waals surface area contributed by atoms with Crippen molar-refractivity contribution in [1.82, 2.24) is 25.1 Å². The number of thiazole rings is 1. The van der Waals surface area contributed by atoms with E-state index in [0.29, 0.717) is 41.4 Å². The van der Waals surface area contributed by atoms with Gasteiger partial charge < -0.3 is 39.9 Å². The monoisotopic (exact) mass is 780 g/mol. The number of ether oxygens (including phenoxy) is 3. The second-order valence-electron chi connectivity index (χ2n) is 15.2. The van der Waals surface area contributed by atoms with Gasteiger partial charge in [0.2, 0.25) is 5.91 Å². The number of benzene rings is 2. The standard InChI is InChI=1S/C42H48N6O7S/c1-25(2)33-23-56-39(45-33)32-19-36(31-15-16-35(53-4)26(3)37(31)44-32)54-30-18-34-38(50)46-42(24-49)20-28(42)10-8-6-5-7-9-17-47(41(52)48(34)22-30)21-27-11-13-29(14-12-27)55-40(43)51/h8,10-16,19,23-25,28,30,34H,5-7,9,17-18,20-22H2,1-4H3,(H2,43,51)(H,46,50)/b10-8+. The van der Waals surface area contributed by atoms with E-state index in [4.69, 9.17) is 29.9 Å². The summed E-state index contributed by atoms with van der Waals surface area (Å²) in [6, 6.07) is 11.3. The van der Waals surface area contributed by atoms with E-state index in [1.54, 1.807) is 41.2 Å². The minimum atomic E-state index is -0.995. The minimum Gasteiger partial charge on any atom is -0.496 e. The summed E-state index contributed by atoms with van der Waals surface area (Å²) in [4.78, 5) is 65.9. The number of nitrogens with two attached hydrogens (primary N) is 1. The average molecular weight is 781 g/mol. The number of carbonyl (C=O) groups is 4. The zero-order valence-electron chi connectivity index (χ0n) is 32.2. The van der Waals surface area contributed by atoms with E-state index in [1.807, 2.05) is 36.6 Å². The van der Waals surface area contributed by atoms with Gasteiger partial charge in [0.1, 0.15) is 51.9 Å². The quantitative estimate of drug-likeness (QED) is 0.136. The molecule has 13 nitrogen and oxygen atoms in total. The van der Waals surface area contributed by atoms with Crippen LogP contribution in [0.5, 0.6) is 17.2 Å². The van der Waals surface area contributed by atoms with Crippen LogP contribution < -0.4 is 25.3 Å². The molecule has 0 spiro atoms. The van der Waals surface area contributed by atoms with E-state index >= 15 is 0 Å². The van der Waals surface area contributed by atoms with E-state index < -0.39 is 23.8 Å². The van der Waals surface area contributed by atoms with Crippen molar-refractivity contribution in [1.29, 1.82) is 0 Å². The molecule has 2 aliphatic heterocycles. The average Bonchev–Trinajstić information content (AvgIpc) is 3.47. The van der Waals surface area contributed by atoms with Crippen molar-refractivity contribution < 1.29 is 33.4 Å². The maximum atomic E-state index is 14.7. The van der Waals surface area contributed by atoms with Crippen LogP contribution in [0.15, 0.2) is 60.0 Å². The Labute approximate surface area is 330 Å². The normalized spacial score (nSPS) is 23.4. The van der Waals surface area contributed by atoms with Crippen LogP contribution >= 0.6 is 11.3 Å². The van der Waals surface area contributed by atoms with Crippen LogP contribution in [0.4, 0.5) is 9.59 Å². The van der Waals surface area contributed by atoms with Gasteiger partial charge in [-0.2, -0.15) is 0 Å². The highest BCUT2D eigenvalue weighted by Crippen LogP contribution is 2.44. The summed E-state index contributed by atoms with van der Waals surface area (Å²) in [5, 5.41) is 6.60. The van der Waals surface area contributed by atoms with Gasteiger partial charge in [-0.1, -0.05) is 44.6 Å². The molecule has 2 fully saturated rings. The molecule has 1 aliphatic carbocycles. The van der Waals surface area contributed by atoms with E-state index in [0.717, 1.165) is 59.2 Å². The Bertz CT molecular complexity index is 2150. The predicted molar refractivity (Wildman–Crippen MR) is 213 cm³/mol. The third-order valence-electron chi connectivity index (χ3n) is 10.9. The van der Waals surface area contributed by atoms with Gasteiger partial charge in [0, 0.05) is 47.8 Å². The van der Waals surface area contributed by atoms with Crippen LogP contribution in [0.2, 0.25) is 0 Å². The van der Waals surface area contributed by atoms with Gasteiger partial charge in [-0.15, -0.1) is 11.3 Å². The highest BCUT2D eigenvalue weighted by atomic mass is 32.1. The molecule has 2 aromatic heterocycles. The molecule has 4 aromatic rings. The Morgan fingerprint density at radius 1 is 1.11 bits per heavy atom. The first kappa shape index (κ1) is 38.8. The topological polar surface area (TPSA) is 166 Å². The molecule has 1 saturated heterocycles. The van der Waals surface area contributed by atoms with Gasteiger partial charge in [-0.05, 0) is 68.4 Å². The van der Waals surface area contributed by atoms with E-state index in [9.17, 15) is 19.2 Å². The lowest BCUT2D eigenvalue weighted by Crippen LogP contribution is -2.53. The number of pyridine rings is 1. The molecular formula is C42H48N6O7S. The molecule has 1 saturated carbocycles. The smallest absolute Gasteiger partial charge is 0.409 e. The van der Waals surface area contributed by atoms with Crippen LogP contribution in [0.1, 0.15) is 75.1 Å². The first-order chi connectivity index (χ1) is 27.0. The van der Waals surface area contributed by atoms with Crippen LogP contribution in [0, 0.1) is 12.8 Å². The molecule has 14 heteroatoms. The Hall–Kier alpha value is -5.50. The highest BCUT2D eigenvalue weighted by Gasteiger charge is 2.56. The maximum absolute atomic E-state index is 14.7. The largest absolute Gasteiger partial charge is 0.496 e. The van der Waals surface area contributed by atoms with Gasteiger partial charge >= 0.3 is 12.1 Å². The number of methoxy groups -OCH3 is 1. The molecule has 7 rings (SSSR count). The molecule has 4 unspecified atom stereocenters. The molecule has 3 N–H and O–H groups in total. The molecule has 0 bridgehead atoms. The second-order valence-corrected chi connectivity index (χ2v) is 16.0. The fourth-order valence-corrected chi connectivity index (χ4v) is 8.53. The Morgan fingerprint density at radius 2 is 1.91 bits per heavy atom. The van der Waals surface area contributed by atoms with Gasteiger partial charge in [0.25, 0.3) is 0 Å². The molecule has 4 atom stereocenters. The Balaban J connectivity index is 1.23. The van der Waals surface area contributed by atoms with Crippen molar-refractivity contribution in [3.63, 3.8) is 0 Å². The molecule has 56 heavy (non-hydrogen) atoms. The number of primary amides is 1. The highest BCUT2D eigenvalue weighted by molar-refractivity contribution is 7.13. The number of amides is 4. The van der Waals surface area contributed by atoms with Crippen molar-refractivity contribution >= 4 is 46.6 Å². The van der Waals surface area contributed by atoms with Crippen molar-refractivity contribution in [2.75, 3.05) is 20.2 Å². The van der Waals surface area contributed by atoms with E-state index in [1.165, 1.54) is 11.3 Å². The maximum Gasteiger partial charge on any atom is 0.409 e. The molecular weight excluding hydrogens is 733 g/mol. The number of hydrogen-bond donors (Lipinski definition) is 2. The predicted octanol–water partition coefficient (Wildman–Crippen LogP) is 6.90. The number of fused-ring (bicyclic) bond motifs is 3. The molecule has 0 radical (unpaired) electrons. The van der Waals surface area contributed by atoms with Crippen molar-refractivity contribution in [3.05, 3.63) is 76.8 Å².